The van der Waals surface area contributed by atoms with Gasteiger partial charge < -0.3 is 10.6 Å². The van der Waals surface area contributed by atoms with E-state index in [1.54, 1.807) is 0 Å². The first-order valence-electron chi connectivity index (χ1n) is 7.58. The molecule has 18 heavy (non-hydrogen) atoms. The molecule has 2 atom stereocenters. The van der Waals surface area contributed by atoms with E-state index < -0.39 is 0 Å². The van der Waals surface area contributed by atoms with Gasteiger partial charge in [-0.3, -0.25) is 4.79 Å². The van der Waals surface area contributed by atoms with Crippen molar-refractivity contribution in [3.05, 3.63) is 0 Å². The number of nitrogens with one attached hydrogen (secondary N) is 2. The van der Waals surface area contributed by atoms with Gasteiger partial charge in [-0.05, 0) is 51.1 Å². The van der Waals surface area contributed by atoms with Gasteiger partial charge in [0.05, 0.1) is 0 Å². The van der Waals surface area contributed by atoms with Gasteiger partial charge in [-0.25, -0.2) is 0 Å². The summed E-state index contributed by atoms with van der Waals surface area (Å²) in [5, 5.41) is 6.49. The van der Waals surface area contributed by atoms with Crippen LogP contribution >= 0.6 is 0 Å². The van der Waals surface area contributed by atoms with Crippen molar-refractivity contribution in [2.45, 2.75) is 65.3 Å². The first kappa shape index (κ1) is 15.5. The van der Waals surface area contributed by atoms with Crippen LogP contribution in [0.25, 0.3) is 0 Å². The number of carbonyl (C=O) groups is 1. The zero-order chi connectivity index (χ0) is 13.4. The maximum Gasteiger partial charge on any atom is 0.220 e. The number of hydrogen-bond acceptors (Lipinski definition) is 2. The van der Waals surface area contributed by atoms with E-state index in [1.165, 1.54) is 25.7 Å². The Morgan fingerprint density at radius 1 is 1.33 bits per heavy atom. The Morgan fingerprint density at radius 3 is 2.72 bits per heavy atom. The normalized spacial score (nSPS) is 21.9. The lowest BCUT2D eigenvalue weighted by molar-refractivity contribution is -0.122. The first-order chi connectivity index (χ1) is 8.58. The van der Waals surface area contributed by atoms with Crippen molar-refractivity contribution in [2.24, 2.45) is 11.8 Å². The van der Waals surface area contributed by atoms with Crippen LogP contribution in [0.3, 0.4) is 0 Å². The molecule has 0 radical (unpaired) electrons. The molecule has 0 bridgehead atoms. The molecule has 2 unspecified atom stereocenters. The maximum atomic E-state index is 11.9. The van der Waals surface area contributed by atoms with Gasteiger partial charge in [0.15, 0.2) is 0 Å². The monoisotopic (exact) mass is 254 g/mol. The standard InChI is InChI=1S/C15H30N2O/c1-12(2)6-4-7-13(3)17-15(18)10-14-8-5-9-16-11-14/h12-14,16H,4-11H2,1-3H3,(H,17,18). The van der Waals surface area contributed by atoms with Crippen molar-refractivity contribution in [1.29, 1.82) is 0 Å². The quantitative estimate of drug-likeness (QED) is 0.733. The van der Waals surface area contributed by atoms with Crippen LogP contribution in [0.4, 0.5) is 0 Å². The van der Waals surface area contributed by atoms with E-state index in [0.717, 1.165) is 25.4 Å². The Kier molecular flexibility index (Phi) is 7.33. The summed E-state index contributed by atoms with van der Waals surface area (Å²) >= 11 is 0. The molecule has 0 aromatic heterocycles. The molecule has 0 aromatic rings. The molecule has 0 spiro atoms. The third-order valence-corrected chi connectivity index (χ3v) is 3.70. The molecule has 1 aliphatic heterocycles. The number of piperidine rings is 1. The SMILES string of the molecule is CC(C)CCCC(C)NC(=O)CC1CCCNC1. The van der Waals surface area contributed by atoms with E-state index in [9.17, 15) is 4.79 Å². The van der Waals surface area contributed by atoms with Gasteiger partial charge in [0.2, 0.25) is 5.91 Å². The van der Waals surface area contributed by atoms with E-state index in [2.05, 4.69) is 31.4 Å². The lowest BCUT2D eigenvalue weighted by Crippen LogP contribution is -2.37. The molecule has 1 saturated heterocycles. The van der Waals surface area contributed by atoms with Crippen LogP contribution in [-0.2, 0) is 4.79 Å². The average molecular weight is 254 g/mol. The molecule has 3 heteroatoms. The van der Waals surface area contributed by atoms with Crippen molar-refractivity contribution in [1.82, 2.24) is 10.6 Å². The van der Waals surface area contributed by atoms with Crippen molar-refractivity contribution in [3.8, 4) is 0 Å². The summed E-state index contributed by atoms with van der Waals surface area (Å²) < 4.78 is 0. The van der Waals surface area contributed by atoms with Crippen molar-refractivity contribution in [2.75, 3.05) is 13.1 Å². The molecule has 0 saturated carbocycles. The predicted molar refractivity (Wildman–Crippen MR) is 76.5 cm³/mol. The molecule has 1 amide bonds. The minimum Gasteiger partial charge on any atom is -0.354 e. The Bertz CT molecular complexity index is 235. The molecule has 3 nitrogen and oxygen atoms in total. The summed E-state index contributed by atoms with van der Waals surface area (Å²) in [6, 6.07) is 0.327. The maximum absolute atomic E-state index is 11.9. The highest BCUT2D eigenvalue weighted by atomic mass is 16.1. The van der Waals surface area contributed by atoms with Crippen LogP contribution in [0.1, 0.15) is 59.3 Å². The van der Waals surface area contributed by atoms with Gasteiger partial charge in [0.25, 0.3) is 0 Å². The number of carbonyl (C=O) groups excluding carboxylic acids is 1. The highest BCUT2D eigenvalue weighted by Gasteiger charge is 2.17. The summed E-state index contributed by atoms with van der Waals surface area (Å²) in [5.41, 5.74) is 0. The van der Waals surface area contributed by atoms with Crippen LogP contribution in [0.15, 0.2) is 0 Å². The summed E-state index contributed by atoms with van der Waals surface area (Å²) in [5.74, 6) is 1.54. The lowest BCUT2D eigenvalue weighted by Gasteiger charge is -2.23. The molecule has 1 rings (SSSR count). The van der Waals surface area contributed by atoms with Crippen LogP contribution in [-0.4, -0.2) is 25.0 Å². The minimum absolute atomic E-state index is 0.237. The zero-order valence-electron chi connectivity index (χ0n) is 12.3. The fraction of sp³-hybridized carbons (Fsp3) is 0.933. The van der Waals surface area contributed by atoms with E-state index in [4.69, 9.17) is 0 Å². The topological polar surface area (TPSA) is 41.1 Å². The molecule has 0 aromatic carbocycles. The smallest absolute Gasteiger partial charge is 0.220 e. The van der Waals surface area contributed by atoms with Crippen LogP contribution < -0.4 is 10.6 Å². The second kappa shape index (κ2) is 8.52. The van der Waals surface area contributed by atoms with Gasteiger partial charge in [0.1, 0.15) is 0 Å². The van der Waals surface area contributed by atoms with Crippen molar-refractivity contribution in [3.63, 3.8) is 0 Å². The summed E-state index contributed by atoms with van der Waals surface area (Å²) in [6.07, 6.45) is 6.68. The second-order valence-electron chi connectivity index (χ2n) is 6.21. The first-order valence-corrected chi connectivity index (χ1v) is 7.58. The van der Waals surface area contributed by atoms with Gasteiger partial charge >= 0.3 is 0 Å². The van der Waals surface area contributed by atoms with Crippen LogP contribution in [0.2, 0.25) is 0 Å². The molecule has 1 heterocycles. The van der Waals surface area contributed by atoms with Gasteiger partial charge in [0, 0.05) is 12.5 Å². The molecule has 1 fully saturated rings. The van der Waals surface area contributed by atoms with Crippen LogP contribution in [0, 0.1) is 11.8 Å². The predicted octanol–water partition coefficient (Wildman–Crippen LogP) is 2.71. The van der Waals surface area contributed by atoms with Gasteiger partial charge in [-0.1, -0.05) is 26.7 Å². The molecule has 106 valence electrons. The molecule has 0 aliphatic carbocycles. The lowest BCUT2D eigenvalue weighted by atomic mass is 9.95. The summed E-state index contributed by atoms with van der Waals surface area (Å²) in [7, 11) is 0. The largest absolute Gasteiger partial charge is 0.354 e. The van der Waals surface area contributed by atoms with Crippen molar-refractivity contribution >= 4 is 5.91 Å². The molecule has 1 aliphatic rings. The Labute approximate surface area is 112 Å². The third-order valence-electron chi connectivity index (χ3n) is 3.70. The van der Waals surface area contributed by atoms with Crippen molar-refractivity contribution < 1.29 is 4.79 Å². The Morgan fingerprint density at radius 2 is 2.11 bits per heavy atom. The third kappa shape index (κ3) is 7.00. The molecular weight excluding hydrogens is 224 g/mol. The number of amides is 1. The van der Waals surface area contributed by atoms with Gasteiger partial charge in [-0.2, -0.15) is 0 Å². The highest BCUT2D eigenvalue weighted by molar-refractivity contribution is 5.76. The molecular formula is C15H30N2O. The number of rotatable bonds is 7. The fourth-order valence-corrected chi connectivity index (χ4v) is 2.60. The van der Waals surface area contributed by atoms with Gasteiger partial charge in [-0.15, -0.1) is 0 Å². The van der Waals surface area contributed by atoms with E-state index >= 15 is 0 Å². The summed E-state index contributed by atoms with van der Waals surface area (Å²) in [4.78, 5) is 11.9. The van der Waals surface area contributed by atoms with E-state index in [1.807, 2.05) is 0 Å². The minimum atomic E-state index is 0.237. The van der Waals surface area contributed by atoms with E-state index in [-0.39, 0.29) is 5.91 Å². The van der Waals surface area contributed by atoms with Crippen LogP contribution in [0.5, 0.6) is 0 Å². The zero-order valence-corrected chi connectivity index (χ0v) is 12.3. The highest BCUT2D eigenvalue weighted by Crippen LogP contribution is 2.14. The second-order valence-corrected chi connectivity index (χ2v) is 6.21. The summed E-state index contributed by atoms with van der Waals surface area (Å²) in [6.45, 7) is 8.74. The molecule has 2 N–H and O–H groups in total. The Balaban J connectivity index is 2.10. The number of hydrogen-bond donors (Lipinski definition) is 2. The Hall–Kier alpha value is -0.570. The average Bonchev–Trinajstić information content (AvgIpc) is 2.29. The van der Waals surface area contributed by atoms with E-state index in [0.29, 0.717) is 18.4 Å². The fourth-order valence-electron chi connectivity index (χ4n) is 2.60.